The molecule has 0 spiro atoms. The van der Waals surface area contributed by atoms with Crippen LogP contribution in [-0.2, 0) is 0 Å². The quantitative estimate of drug-likeness (QED) is 0.504. The van der Waals surface area contributed by atoms with Gasteiger partial charge in [0.15, 0.2) is 0 Å². The van der Waals surface area contributed by atoms with Crippen LogP contribution >= 0.6 is 0 Å². The van der Waals surface area contributed by atoms with Crippen LogP contribution in [-0.4, -0.2) is 0 Å². The molecule has 2 aromatic rings. The van der Waals surface area contributed by atoms with Crippen molar-refractivity contribution in [2.24, 2.45) is 5.84 Å². The van der Waals surface area contributed by atoms with Crippen molar-refractivity contribution in [1.82, 2.24) is 0 Å². The van der Waals surface area contributed by atoms with Crippen molar-refractivity contribution in [2.75, 3.05) is 5.01 Å². The summed E-state index contributed by atoms with van der Waals surface area (Å²) in [6.45, 7) is 1.91. The molecule has 0 unspecified atom stereocenters. The summed E-state index contributed by atoms with van der Waals surface area (Å²) in [6.07, 6.45) is 3.49. The van der Waals surface area contributed by atoms with Gasteiger partial charge in [0.2, 0.25) is 0 Å². The summed E-state index contributed by atoms with van der Waals surface area (Å²) in [7, 11) is 0. The lowest BCUT2D eigenvalue weighted by Gasteiger charge is -2.18. The standard InChI is InChI=1S/C15H16N2O/c1-2-12-18-15-10-8-14(9-11-15)17(16)13-6-4-3-5-7-13/h2-12H,16H2,1H3. The van der Waals surface area contributed by atoms with E-state index < -0.39 is 0 Å². The molecule has 0 aliphatic carbocycles. The summed E-state index contributed by atoms with van der Waals surface area (Å²) in [6, 6.07) is 17.4. The number of para-hydroxylation sites is 1. The molecule has 18 heavy (non-hydrogen) atoms. The minimum Gasteiger partial charge on any atom is -0.465 e. The van der Waals surface area contributed by atoms with Crippen LogP contribution in [0.4, 0.5) is 11.4 Å². The molecule has 0 aromatic heterocycles. The van der Waals surface area contributed by atoms with Gasteiger partial charge < -0.3 is 4.74 Å². The van der Waals surface area contributed by atoms with Gasteiger partial charge in [-0.3, -0.25) is 5.01 Å². The molecule has 0 aliphatic rings. The van der Waals surface area contributed by atoms with E-state index in [1.807, 2.05) is 67.6 Å². The fourth-order valence-corrected chi connectivity index (χ4v) is 1.57. The molecule has 0 radical (unpaired) electrons. The van der Waals surface area contributed by atoms with E-state index in [4.69, 9.17) is 10.6 Å². The molecule has 2 N–H and O–H groups in total. The third-order valence-corrected chi connectivity index (χ3v) is 2.49. The first-order chi connectivity index (χ1) is 8.81. The zero-order valence-electron chi connectivity index (χ0n) is 10.3. The van der Waals surface area contributed by atoms with E-state index in [-0.39, 0.29) is 0 Å². The van der Waals surface area contributed by atoms with Gasteiger partial charge in [-0.15, -0.1) is 0 Å². The van der Waals surface area contributed by atoms with Gasteiger partial charge in [-0.2, -0.15) is 0 Å². The van der Waals surface area contributed by atoms with Crippen LogP contribution in [0.25, 0.3) is 0 Å². The van der Waals surface area contributed by atoms with Gasteiger partial charge in [0, 0.05) is 0 Å². The molecule has 0 saturated heterocycles. The summed E-state index contributed by atoms with van der Waals surface area (Å²) >= 11 is 0. The summed E-state index contributed by atoms with van der Waals surface area (Å²) in [4.78, 5) is 0. The maximum Gasteiger partial charge on any atom is 0.126 e. The summed E-state index contributed by atoms with van der Waals surface area (Å²) in [5.74, 6) is 6.84. The lowest BCUT2D eigenvalue weighted by molar-refractivity contribution is 0.480. The Labute approximate surface area is 107 Å². The van der Waals surface area contributed by atoms with Crippen molar-refractivity contribution >= 4 is 11.4 Å². The molecule has 2 rings (SSSR count). The van der Waals surface area contributed by atoms with Crippen molar-refractivity contribution in [1.29, 1.82) is 0 Å². The van der Waals surface area contributed by atoms with E-state index in [9.17, 15) is 0 Å². The maximum atomic E-state index is 6.05. The van der Waals surface area contributed by atoms with Crippen LogP contribution in [0, 0.1) is 0 Å². The number of nitrogens with zero attached hydrogens (tertiary/aromatic N) is 1. The zero-order chi connectivity index (χ0) is 12.8. The molecule has 0 fully saturated rings. The molecule has 3 heteroatoms. The van der Waals surface area contributed by atoms with Crippen molar-refractivity contribution in [3.8, 4) is 5.75 Å². The molecule has 0 heterocycles. The molecule has 2 aromatic carbocycles. The first-order valence-electron chi connectivity index (χ1n) is 5.79. The number of hydrazine groups is 1. The Balaban J connectivity index is 2.14. The first-order valence-corrected chi connectivity index (χ1v) is 5.79. The van der Waals surface area contributed by atoms with Gasteiger partial charge in [-0.05, 0) is 43.3 Å². The average Bonchev–Trinajstić information content (AvgIpc) is 2.46. The van der Waals surface area contributed by atoms with Gasteiger partial charge in [0.05, 0.1) is 17.6 Å². The van der Waals surface area contributed by atoms with Gasteiger partial charge >= 0.3 is 0 Å². The number of ether oxygens (including phenoxy) is 1. The Kier molecular flexibility index (Phi) is 3.99. The smallest absolute Gasteiger partial charge is 0.126 e. The number of hydrogen-bond donors (Lipinski definition) is 1. The predicted molar refractivity (Wildman–Crippen MR) is 74.7 cm³/mol. The van der Waals surface area contributed by atoms with E-state index in [0.717, 1.165) is 17.1 Å². The van der Waals surface area contributed by atoms with Crippen LogP contribution in [0.1, 0.15) is 6.92 Å². The third kappa shape index (κ3) is 2.90. The van der Waals surface area contributed by atoms with Crippen LogP contribution < -0.4 is 15.6 Å². The number of nitrogens with two attached hydrogens (primary N) is 1. The van der Waals surface area contributed by atoms with E-state index in [0.29, 0.717) is 0 Å². The van der Waals surface area contributed by atoms with E-state index in [1.54, 1.807) is 11.3 Å². The lowest BCUT2D eigenvalue weighted by Crippen LogP contribution is -2.24. The normalized spacial score (nSPS) is 10.6. The van der Waals surface area contributed by atoms with Crippen LogP contribution in [0.15, 0.2) is 66.9 Å². The molecule has 0 aliphatic heterocycles. The first kappa shape index (κ1) is 12.2. The Morgan fingerprint density at radius 2 is 1.56 bits per heavy atom. The second kappa shape index (κ2) is 5.89. The third-order valence-electron chi connectivity index (χ3n) is 2.49. The van der Waals surface area contributed by atoms with Crippen molar-refractivity contribution in [2.45, 2.75) is 6.92 Å². The highest BCUT2D eigenvalue weighted by Crippen LogP contribution is 2.23. The van der Waals surface area contributed by atoms with Crippen molar-refractivity contribution in [3.05, 3.63) is 66.9 Å². The Morgan fingerprint density at radius 1 is 0.944 bits per heavy atom. The number of rotatable bonds is 4. The Hall–Kier alpha value is -2.26. The van der Waals surface area contributed by atoms with E-state index >= 15 is 0 Å². The second-order valence-corrected chi connectivity index (χ2v) is 3.79. The Morgan fingerprint density at radius 3 is 2.17 bits per heavy atom. The minimum atomic E-state index is 0.790. The van der Waals surface area contributed by atoms with Gasteiger partial charge in [0.25, 0.3) is 0 Å². The molecule has 0 amide bonds. The molecule has 0 atom stereocenters. The number of hydrogen-bond acceptors (Lipinski definition) is 3. The van der Waals surface area contributed by atoms with E-state index in [1.165, 1.54) is 0 Å². The fourth-order valence-electron chi connectivity index (χ4n) is 1.57. The second-order valence-electron chi connectivity index (χ2n) is 3.79. The minimum absolute atomic E-state index is 0.790. The predicted octanol–water partition coefficient (Wildman–Crippen LogP) is 3.61. The van der Waals surface area contributed by atoms with Crippen molar-refractivity contribution < 1.29 is 4.74 Å². The zero-order valence-corrected chi connectivity index (χ0v) is 10.3. The largest absolute Gasteiger partial charge is 0.465 e. The molecule has 3 nitrogen and oxygen atoms in total. The highest BCUT2D eigenvalue weighted by atomic mass is 16.5. The van der Waals surface area contributed by atoms with E-state index in [2.05, 4.69) is 0 Å². The topological polar surface area (TPSA) is 38.5 Å². The molecular weight excluding hydrogens is 224 g/mol. The summed E-state index contributed by atoms with van der Waals surface area (Å²) < 4.78 is 5.36. The average molecular weight is 240 g/mol. The number of allylic oxidation sites excluding steroid dienone is 1. The van der Waals surface area contributed by atoms with Crippen LogP contribution in [0.3, 0.4) is 0 Å². The van der Waals surface area contributed by atoms with Gasteiger partial charge in [-0.1, -0.05) is 24.3 Å². The van der Waals surface area contributed by atoms with Crippen molar-refractivity contribution in [3.63, 3.8) is 0 Å². The highest BCUT2D eigenvalue weighted by molar-refractivity contribution is 5.61. The summed E-state index contributed by atoms with van der Waals surface area (Å²) in [5.41, 5.74) is 1.86. The summed E-state index contributed by atoms with van der Waals surface area (Å²) in [5, 5.41) is 1.64. The fraction of sp³-hybridized carbons (Fsp3) is 0.0667. The number of anilines is 2. The monoisotopic (exact) mass is 240 g/mol. The molecule has 0 bridgehead atoms. The lowest BCUT2D eigenvalue weighted by atomic mass is 10.2. The SMILES string of the molecule is CC=COc1ccc(N(N)c2ccccc2)cc1. The maximum absolute atomic E-state index is 6.05. The van der Waals surface area contributed by atoms with Gasteiger partial charge in [-0.25, -0.2) is 5.84 Å². The highest BCUT2D eigenvalue weighted by Gasteiger charge is 2.03. The molecule has 92 valence electrons. The Bertz CT molecular complexity index is 506. The van der Waals surface area contributed by atoms with Crippen LogP contribution in [0.5, 0.6) is 5.75 Å². The molecular formula is C15H16N2O. The number of benzene rings is 2. The van der Waals surface area contributed by atoms with Gasteiger partial charge in [0.1, 0.15) is 5.75 Å². The molecule has 0 saturated carbocycles. The van der Waals surface area contributed by atoms with Crippen LogP contribution in [0.2, 0.25) is 0 Å².